The molecule has 2 N–H and O–H groups in total. The fraction of sp³-hybridized carbons (Fsp3) is 0.0714. The summed E-state index contributed by atoms with van der Waals surface area (Å²) >= 11 is 5.92. The zero-order valence-corrected chi connectivity index (χ0v) is 11.2. The number of carbonyl (C=O) groups is 1. The largest absolute Gasteiger partial charge is 0.497 e. The molecule has 0 aliphatic rings. The van der Waals surface area contributed by atoms with E-state index in [0.29, 0.717) is 5.75 Å². The number of anilines is 1. The first-order valence-corrected chi connectivity index (χ1v) is 5.95. The van der Waals surface area contributed by atoms with Gasteiger partial charge in [-0.1, -0.05) is 11.6 Å². The summed E-state index contributed by atoms with van der Waals surface area (Å²) in [6.45, 7) is 0. The molecule has 104 valence electrons. The normalized spacial score (nSPS) is 10.4. The lowest BCUT2D eigenvalue weighted by Crippen LogP contribution is -2.10. The molecule has 0 fully saturated rings. The Balaban J connectivity index is 2.55. The van der Waals surface area contributed by atoms with Crippen molar-refractivity contribution in [2.75, 3.05) is 12.8 Å². The van der Waals surface area contributed by atoms with Crippen molar-refractivity contribution >= 4 is 23.1 Å². The van der Waals surface area contributed by atoms with Crippen LogP contribution in [0.4, 0.5) is 14.5 Å². The van der Waals surface area contributed by atoms with Gasteiger partial charge in [-0.25, -0.2) is 8.78 Å². The minimum Gasteiger partial charge on any atom is -0.497 e. The van der Waals surface area contributed by atoms with E-state index in [1.807, 2.05) is 0 Å². The summed E-state index contributed by atoms with van der Waals surface area (Å²) < 4.78 is 32.4. The highest BCUT2D eigenvalue weighted by atomic mass is 35.5. The average Bonchev–Trinajstić information content (AvgIpc) is 2.43. The van der Waals surface area contributed by atoms with Gasteiger partial charge in [0.15, 0.2) is 5.82 Å². The molecule has 0 unspecified atom stereocenters. The molecule has 20 heavy (non-hydrogen) atoms. The van der Waals surface area contributed by atoms with Crippen LogP contribution in [0, 0.1) is 11.6 Å². The number of methoxy groups -OCH3 is 1. The predicted molar refractivity (Wildman–Crippen MR) is 72.2 cm³/mol. The van der Waals surface area contributed by atoms with E-state index in [0.717, 1.165) is 12.1 Å². The Hall–Kier alpha value is -2.14. The van der Waals surface area contributed by atoms with E-state index in [9.17, 15) is 13.6 Å². The van der Waals surface area contributed by atoms with E-state index in [1.165, 1.54) is 25.3 Å². The van der Waals surface area contributed by atoms with E-state index in [1.54, 1.807) is 0 Å². The first kappa shape index (κ1) is 14.3. The Kier molecular flexibility index (Phi) is 3.90. The molecule has 2 aromatic carbocycles. The van der Waals surface area contributed by atoms with Crippen molar-refractivity contribution in [3.63, 3.8) is 0 Å². The Morgan fingerprint density at radius 3 is 2.55 bits per heavy atom. The van der Waals surface area contributed by atoms with Gasteiger partial charge in [-0.2, -0.15) is 0 Å². The molecule has 6 heteroatoms. The van der Waals surface area contributed by atoms with E-state index in [-0.39, 0.29) is 16.3 Å². The summed E-state index contributed by atoms with van der Waals surface area (Å²) in [7, 11) is 1.43. The molecule has 0 aliphatic heterocycles. The molecule has 0 spiro atoms. The zero-order chi connectivity index (χ0) is 14.9. The van der Waals surface area contributed by atoms with Crippen molar-refractivity contribution in [1.29, 1.82) is 0 Å². The molecule has 0 heterocycles. The number of carbonyl (C=O) groups excluding carboxylic acids is 1. The molecule has 2 aromatic rings. The SMILES string of the molecule is COc1ccc(C(=O)c2c(F)ccc(N)c2F)c(Cl)c1. The fourth-order valence-corrected chi connectivity index (χ4v) is 1.97. The van der Waals surface area contributed by atoms with E-state index in [4.69, 9.17) is 22.1 Å². The molecule has 0 radical (unpaired) electrons. The second-order valence-corrected chi connectivity index (χ2v) is 4.41. The van der Waals surface area contributed by atoms with Crippen LogP contribution in [0.1, 0.15) is 15.9 Å². The van der Waals surface area contributed by atoms with Crippen LogP contribution in [-0.4, -0.2) is 12.9 Å². The Bertz CT molecular complexity index is 689. The van der Waals surface area contributed by atoms with Gasteiger partial charge in [0.2, 0.25) is 5.78 Å². The maximum absolute atomic E-state index is 13.8. The van der Waals surface area contributed by atoms with Crippen LogP contribution in [0.15, 0.2) is 30.3 Å². The van der Waals surface area contributed by atoms with Crippen LogP contribution in [0.25, 0.3) is 0 Å². The molecule has 0 aliphatic carbocycles. The Morgan fingerprint density at radius 2 is 1.95 bits per heavy atom. The summed E-state index contributed by atoms with van der Waals surface area (Å²) in [5.41, 5.74) is 4.28. The lowest BCUT2D eigenvalue weighted by molar-refractivity contribution is 0.103. The van der Waals surface area contributed by atoms with Crippen molar-refractivity contribution in [3.8, 4) is 5.75 Å². The second-order valence-electron chi connectivity index (χ2n) is 4.00. The van der Waals surface area contributed by atoms with Gasteiger partial charge in [-0.15, -0.1) is 0 Å². The fourth-order valence-electron chi connectivity index (χ4n) is 1.72. The van der Waals surface area contributed by atoms with E-state index in [2.05, 4.69) is 0 Å². The van der Waals surface area contributed by atoms with Gasteiger partial charge in [0.1, 0.15) is 11.6 Å². The number of nitrogens with two attached hydrogens (primary N) is 1. The summed E-state index contributed by atoms with van der Waals surface area (Å²) in [4.78, 5) is 12.2. The second kappa shape index (κ2) is 5.46. The van der Waals surface area contributed by atoms with E-state index < -0.39 is 23.0 Å². The number of hydrogen-bond donors (Lipinski definition) is 1. The van der Waals surface area contributed by atoms with Crippen molar-refractivity contribution < 1.29 is 18.3 Å². The Morgan fingerprint density at radius 1 is 1.25 bits per heavy atom. The van der Waals surface area contributed by atoms with Crippen LogP contribution in [0.2, 0.25) is 5.02 Å². The van der Waals surface area contributed by atoms with Crippen molar-refractivity contribution in [2.45, 2.75) is 0 Å². The van der Waals surface area contributed by atoms with Crippen LogP contribution in [0.5, 0.6) is 5.75 Å². The molecule has 0 saturated heterocycles. The molecule has 2 rings (SSSR count). The van der Waals surface area contributed by atoms with Crippen LogP contribution >= 0.6 is 11.6 Å². The van der Waals surface area contributed by atoms with Gasteiger partial charge < -0.3 is 10.5 Å². The summed E-state index contributed by atoms with van der Waals surface area (Å²) in [5.74, 6) is -2.53. The quantitative estimate of drug-likeness (QED) is 0.697. The van der Waals surface area contributed by atoms with Gasteiger partial charge >= 0.3 is 0 Å². The van der Waals surface area contributed by atoms with Gasteiger partial charge in [0.25, 0.3) is 0 Å². The molecular formula is C14H10ClF2NO2. The third kappa shape index (κ3) is 2.44. The maximum Gasteiger partial charge on any atom is 0.200 e. The summed E-state index contributed by atoms with van der Waals surface area (Å²) in [5, 5.41) is 0.0376. The highest BCUT2D eigenvalue weighted by Gasteiger charge is 2.22. The summed E-state index contributed by atoms with van der Waals surface area (Å²) in [6.07, 6.45) is 0. The van der Waals surface area contributed by atoms with Crippen molar-refractivity contribution in [1.82, 2.24) is 0 Å². The molecular weight excluding hydrogens is 288 g/mol. The molecule has 3 nitrogen and oxygen atoms in total. The van der Waals surface area contributed by atoms with E-state index >= 15 is 0 Å². The lowest BCUT2D eigenvalue weighted by atomic mass is 10.0. The first-order chi connectivity index (χ1) is 9.45. The summed E-state index contributed by atoms with van der Waals surface area (Å²) in [6, 6.07) is 6.18. The third-order valence-corrected chi connectivity index (χ3v) is 3.08. The number of nitrogen functional groups attached to an aromatic ring is 1. The van der Waals surface area contributed by atoms with Crippen LogP contribution < -0.4 is 10.5 Å². The topological polar surface area (TPSA) is 52.3 Å². The van der Waals surface area contributed by atoms with Crippen molar-refractivity contribution in [3.05, 3.63) is 58.1 Å². The first-order valence-electron chi connectivity index (χ1n) is 5.57. The number of rotatable bonds is 3. The van der Waals surface area contributed by atoms with Crippen LogP contribution in [0.3, 0.4) is 0 Å². The van der Waals surface area contributed by atoms with Gasteiger partial charge in [-0.3, -0.25) is 4.79 Å². The molecule has 0 amide bonds. The molecule has 0 atom stereocenters. The maximum atomic E-state index is 13.8. The predicted octanol–water partition coefficient (Wildman–Crippen LogP) is 3.44. The number of halogens is 3. The van der Waals surface area contributed by atoms with Crippen molar-refractivity contribution in [2.24, 2.45) is 0 Å². The van der Waals surface area contributed by atoms with Gasteiger partial charge in [0.05, 0.1) is 23.4 Å². The van der Waals surface area contributed by atoms with Gasteiger partial charge in [-0.05, 0) is 30.3 Å². The number of hydrogen-bond acceptors (Lipinski definition) is 3. The molecule has 0 saturated carbocycles. The third-order valence-electron chi connectivity index (χ3n) is 2.77. The minimum absolute atomic E-state index is 0.0316. The highest BCUT2D eigenvalue weighted by Crippen LogP contribution is 2.27. The van der Waals surface area contributed by atoms with Gasteiger partial charge in [0, 0.05) is 5.56 Å². The standard InChI is InChI=1S/C14H10ClF2NO2/c1-20-7-2-3-8(9(15)6-7)14(19)12-10(16)4-5-11(18)13(12)17/h2-6H,18H2,1H3. The molecule has 0 aromatic heterocycles. The smallest absolute Gasteiger partial charge is 0.200 e. The van der Waals surface area contributed by atoms with Crippen LogP contribution in [-0.2, 0) is 0 Å². The Labute approximate surface area is 118 Å². The minimum atomic E-state index is -1.10. The number of benzene rings is 2. The monoisotopic (exact) mass is 297 g/mol. The zero-order valence-electron chi connectivity index (χ0n) is 10.4. The molecule has 0 bridgehead atoms. The lowest BCUT2D eigenvalue weighted by Gasteiger charge is -2.09. The average molecular weight is 298 g/mol. The highest BCUT2D eigenvalue weighted by molar-refractivity contribution is 6.35. The number of ketones is 1. The number of ether oxygens (including phenoxy) is 1.